The van der Waals surface area contributed by atoms with Crippen LogP contribution in [0.1, 0.15) is 52.0 Å². The SMILES string of the molecule is CC(C)(C)OC(=O)NCCCCCCN1C(=O)S/C(=C\c2ccc(F)cc2)C1=O. The van der Waals surface area contributed by atoms with Crippen LogP contribution in [-0.2, 0) is 9.53 Å². The Hall–Kier alpha value is -2.35. The predicted molar refractivity (Wildman–Crippen MR) is 112 cm³/mol. The van der Waals surface area contributed by atoms with Gasteiger partial charge in [-0.25, -0.2) is 9.18 Å². The molecule has 0 aromatic heterocycles. The highest BCUT2D eigenvalue weighted by atomic mass is 32.2. The number of nitrogens with zero attached hydrogens (tertiary/aromatic N) is 1. The van der Waals surface area contributed by atoms with Gasteiger partial charge in [0, 0.05) is 13.1 Å². The first-order chi connectivity index (χ1) is 13.7. The Kier molecular flexibility index (Phi) is 8.25. The van der Waals surface area contributed by atoms with Gasteiger partial charge in [0.15, 0.2) is 0 Å². The Morgan fingerprint density at radius 2 is 1.79 bits per heavy atom. The summed E-state index contributed by atoms with van der Waals surface area (Å²) >= 11 is 0.904. The standard InChI is InChI=1S/C21H27FN2O4S/c1-21(2,3)28-19(26)23-12-6-4-5-7-13-24-18(25)17(29-20(24)27)14-15-8-10-16(22)11-9-15/h8-11,14H,4-7,12-13H2,1-3H3,(H,23,26)/b17-14-. The predicted octanol–water partition coefficient (Wildman–Crippen LogP) is 4.95. The van der Waals surface area contributed by atoms with Crippen LogP contribution in [0.3, 0.4) is 0 Å². The third-order valence-electron chi connectivity index (χ3n) is 4.02. The maximum Gasteiger partial charge on any atom is 0.407 e. The van der Waals surface area contributed by atoms with Crippen molar-refractivity contribution in [2.24, 2.45) is 0 Å². The molecule has 29 heavy (non-hydrogen) atoms. The first kappa shape index (κ1) is 22.9. The van der Waals surface area contributed by atoms with E-state index in [1.807, 2.05) is 20.8 Å². The quantitative estimate of drug-likeness (QED) is 0.474. The molecule has 0 atom stereocenters. The maximum absolute atomic E-state index is 13.0. The van der Waals surface area contributed by atoms with E-state index in [9.17, 15) is 18.8 Å². The number of carbonyl (C=O) groups excluding carboxylic acids is 3. The van der Waals surface area contributed by atoms with Crippen molar-refractivity contribution in [3.05, 3.63) is 40.6 Å². The molecule has 1 aliphatic rings. The number of alkyl carbamates (subject to hydrolysis) is 1. The highest BCUT2D eigenvalue weighted by molar-refractivity contribution is 8.18. The summed E-state index contributed by atoms with van der Waals surface area (Å²) in [6, 6.07) is 5.75. The summed E-state index contributed by atoms with van der Waals surface area (Å²) < 4.78 is 18.1. The Morgan fingerprint density at radius 1 is 1.14 bits per heavy atom. The number of hydrogen-bond donors (Lipinski definition) is 1. The van der Waals surface area contributed by atoms with Gasteiger partial charge in [-0.1, -0.05) is 25.0 Å². The van der Waals surface area contributed by atoms with Gasteiger partial charge >= 0.3 is 6.09 Å². The molecule has 2 rings (SSSR count). The molecular formula is C21H27FN2O4S. The smallest absolute Gasteiger partial charge is 0.407 e. The van der Waals surface area contributed by atoms with E-state index in [2.05, 4.69) is 5.32 Å². The normalized spacial score (nSPS) is 15.9. The molecule has 1 N–H and O–H groups in total. The fraction of sp³-hybridized carbons (Fsp3) is 0.476. The highest BCUT2D eigenvalue weighted by Crippen LogP contribution is 2.32. The molecule has 0 radical (unpaired) electrons. The van der Waals surface area contributed by atoms with Crippen molar-refractivity contribution in [3.8, 4) is 0 Å². The number of unbranched alkanes of at least 4 members (excludes halogenated alkanes) is 3. The average molecular weight is 423 g/mol. The third kappa shape index (κ3) is 7.89. The lowest BCUT2D eigenvalue weighted by Gasteiger charge is -2.19. The van der Waals surface area contributed by atoms with Crippen LogP contribution in [0, 0.1) is 5.82 Å². The van der Waals surface area contributed by atoms with Crippen molar-refractivity contribution in [2.45, 2.75) is 52.1 Å². The zero-order valence-electron chi connectivity index (χ0n) is 17.0. The second-order valence-electron chi connectivity index (χ2n) is 7.73. The fourth-order valence-electron chi connectivity index (χ4n) is 2.66. The van der Waals surface area contributed by atoms with Gasteiger partial charge in [0.1, 0.15) is 11.4 Å². The molecule has 6 nitrogen and oxygen atoms in total. The van der Waals surface area contributed by atoms with Crippen molar-refractivity contribution in [1.82, 2.24) is 10.2 Å². The largest absolute Gasteiger partial charge is 0.444 e. The number of hydrogen-bond acceptors (Lipinski definition) is 5. The van der Waals surface area contributed by atoms with Crippen LogP contribution < -0.4 is 5.32 Å². The Morgan fingerprint density at radius 3 is 2.45 bits per heavy atom. The minimum absolute atomic E-state index is 0.282. The molecule has 0 spiro atoms. The molecule has 0 bridgehead atoms. The van der Waals surface area contributed by atoms with Crippen LogP contribution >= 0.6 is 11.8 Å². The van der Waals surface area contributed by atoms with E-state index in [0.717, 1.165) is 31.0 Å². The number of benzene rings is 1. The van der Waals surface area contributed by atoms with Gasteiger partial charge in [-0.2, -0.15) is 0 Å². The molecule has 1 aliphatic heterocycles. The van der Waals surface area contributed by atoms with E-state index in [0.29, 0.717) is 30.0 Å². The molecule has 1 aromatic carbocycles. The van der Waals surface area contributed by atoms with E-state index in [1.54, 1.807) is 18.2 Å². The summed E-state index contributed by atoms with van der Waals surface area (Å²) in [5, 5.41) is 2.42. The number of imide groups is 1. The van der Waals surface area contributed by atoms with Crippen molar-refractivity contribution in [1.29, 1.82) is 0 Å². The van der Waals surface area contributed by atoms with E-state index in [-0.39, 0.29) is 17.0 Å². The zero-order valence-corrected chi connectivity index (χ0v) is 17.8. The molecule has 158 valence electrons. The highest BCUT2D eigenvalue weighted by Gasteiger charge is 2.34. The summed E-state index contributed by atoms with van der Waals surface area (Å²) in [5.74, 6) is -0.660. The number of rotatable bonds is 8. The van der Waals surface area contributed by atoms with E-state index in [4.69, 9.17) is 4.74 Å². The topological polar surface area (TPSA) is 75.7 Å². The number of carbonyl (C=O) groups is 3. The minimum atomic E-state index is -0.513. The van der Waals surface area contributed by atoms with E-state index < -0.39 is 11.7 Å². The van der Waals surface area contributed by atoms with Crippen molar-refractivity contribution < 1.29 is 23.5 Å². The summed E-state index contributed by atoms with van der Waals surface area (Å²) in [4.78, 5) is 37.7. The van der Waals surface area contributed by atoms with Gasteiger partial charge in [0.25, 0.3) is 11.1 Å². The number of ether oxygens (including phenoxy) is 1. The lowest BCUT2D eigenvalue weighted by Crippen LogP contribution is -2.33. The van der Waals surface area contributed by atoms with Crippen LogP contribution in [-0.4, -0.2) is 40.8 Å². The summed E-state index contributed by atoms with van der Waals surface area (Å²) in [6.07, 6.45) is 4.39. The Bertz CT molecular complexity index is 772. The van der Waals surface area contributed by atoms with Crippen molar-refractivity contribution in [3.63, 3.8) is 0 Å². The molecule has 0 aliphatic carbocycles. The van der Waals surface area contributed by atoms with Crippen LogP contribution in [0.25, 0.3) is 6.08 Å². The molecule has 0 unspecified atom stereocenters. The average Bonchev–Trinajstić information content (AvgIpc) is 2.88. The molecule has 3 amide bonds. The van der Waals surface area contributed by atoms with Gasteiger partial charge in [-0.05, 0) is 69.1 Å². The first-order valence-electron chi connectivity index (χ1n) is 9.63. The molecule has 1 aromatic rings. The van der Waals surface area contributed by atoms with E-state index >= 15 is 0 Å². The number of amides is 3. The molecule has 1 heterocycles. The van der Waals surface area contributed by atoms with Gasteiger partial charge in [-0.15, -0.1) is 0 Å². The number of nitrogens with one attached hydrogen (secondary N) is 1. The zero-order chi connectivity index (χ0) is 21.4. The first-order valence-corrected chi connectivity index (χ1v) is 10.5. The van der Waals surface area contributed by atoms with Gasteiger partial charge in [-0.3, -0.25) is 14.5 Å². The van der Waals surface area contributed by atoms with Crippen molar-refractivity contribution in [2.75, 3.05) is 13.1 Å². The summed E-state index contributed by atoms with van der Waals surface area (Å²) in [7, 11) is 0. The van der Waals surface area contributed by atoms with Gasteiger partial charge in [0.05, 0.1) is 4.91 Å². The van der Waals surface area contributed by atoms with Crippen molar-refractivity contribution >= 4 is 35.1 Å². The van der Waals surface area contributed by atoms with Gasteiger partial charge in [0.2, 0.25) is 0 Å². The van der Waals surface area contributed by atoms with Crippen LogP contribution in [0.2, 0.25) is 0 Å². The third-order valence-corrected chi connectivity index (χ3v) is 4.93. The number of halogens is 1. The van der Waals surface area contributed by atoms with Gasteiger partial charge < -0.3 is 10.1 Å². The Labute approximate surface area is 174 Å². The fourth-order valence-corrected chi connectivity index (χ4v) is 3.52. The molecule has 1 fully saturated rings. The number of thioether (sulfide) groups is 1. The molecule has 8 heteroatoms. The Balaban J connectivity index is 1.68. The monoisotopic (exact) mass is 422 g/mol. The van der Waals surface area contributed by atoms with Crippen LogP contribution in [0.15, 0.2) is 29.2 Å². The summed E-state index contributed by atoms with van der Waals surface area (Å²) in [6.45, 7) is 6.33. The second-order valence-corrected chi connectivity index (χ2v) is 8.72. The molecule has 0 saturated carbocycles. The summed E-state index contributed by atoms with van der Waals surface area (Å²) in [5.41, 5.74) is 0.162. The van der Waals surface area contributed by atoms with E-state index in [1.165, 1.54) is 17.0 Å². The lowest BCUT2D eigenvalue weighted by molar-refractivity contribution is -0.122. The second kappa shape index (κ2) is 10.4. The van der Waals surface area contributed by atoms with Crippen LogP contribution in [0.5, 0.6) is 0 Å². The molecule has 1 saturated heterocycles. The maximum atomic E-state index is 13.0. The minimum Gasteiger partial charge on any atom is -0.444 e. The van der Waals surface area contributed by atoms with Crippen LogP contribution in [0.4, 0.5) is 14.0 Å². The molecular weight excluding hydrogens is 395 g/mol. The lowest BCUT2D eigenvalue weighted by atomic mass is 10.2.